The second-order valence-electron chi connectivity index (χ2n) is 4.69. The number of fused-ring (bicyclic) bond motifs is 1. The van der Waals surface area contributed by atoms with Crippen LogP contribution in [-0.4, -0.2) is 5.91 Å². The molecule has 106 valence electrons. The van der Waals surface area contributed by atoms with E-state index in [1.165, 1.54) is 23.5 Å². The molecule has 0 fully saturated rings. The van der Waals surface area contributed by atoms with Crippen LogP contribution >= 0.6 is 23.1 Å². The molecule has 0 saturated carbocycles. The van der Waals surface area contributed by atoms with Gasteiger partial charge >= 0.3 is 0 Å². The molecule has 0 aliphatic heterocycles. The van der Waals surface area contributed by atoms with Crippen molar-refractivity contribution in [2.75, 3.05) is 4.42 Å². The summed E-state index contributed by atoms with van der Waals surface area (Å²) < 4.78 is 15.7. The van der Waals surface area contributed by atoms with Gasteiger partial charge in [-0.05, 0) is 42.1 Å². The number of halogens is 2. The molecular weight excluding hydrogens is 309 g/mol. The van der Waals surface area contributed by atoms with E-state index in [1.54, 1.807) is 19.1 Å². The molecule has 0 N–H and O–H groups in total. The summed E-state index contributed by atoms with van der Waals surface area (Å²) in [6, 6.07) is 14.0. The Bertz CT molecular complexity index is 797. The van der Waals surface area contributed by atoms with Crippen LogP contribution < -0.4 is 4.42 Å². The molecule has 0 atom stereocenters. The van der Waals surface area contributed by atoms with Gasteiger partial charge < -0.3 is 0 Å². The van der Waals surface area contributed by atoms with Crippen LogP contribution in [0, 0.1) is 12.7 Å². The molecule has 0 unspecified atom stereocenters. The lowest BCUT2D eigenvalue weighted by Crippen LogP contribution is -2.20. The second-order valence-corrected chi connectivity index (χ2v) is 6.11. The summed E-state index contributed by atoms with van der Waals surface area (Å²) in [4.78, 5) is 12.9. The van der Waals surface area contributed by atoms with Crippen molar-refractivity contribution < 1.29 is 9.18 Å². The molecular formula is C16H11ClFNOS. The zero-order valence-corrected chi connectivity index (χ0v) is 12.7. The van der Waals surface area contributed by atoms with E-state index in [4.69, 9.17) is 11.8 Å². The highest BCUT2D eigenvalue weighted by molar-refractivity contribution is 7.21. The van der Waals surface area contributed by atoms with Gasteiger partial charge in [0.25, 0.3) is 5.91 Å². The number of hydrogen-bond donors (Lipinski definition) is 0. The van der Waals surface area contributed by atoms with Crippen LogP contribution in [0.15, 0.2) is 48.5 Å². The number of hydrogen-bond acceptors (Lipinski definition) is 2. The number of carbonyl (C=O) groups excluding carboxylic acids is 1. The smallest absolute Gasteiger partial charge is 0.266 e. The van der Waals surface area contributed by atoms with Gasteiger partial charge in [-0.1, -0.05) is 24.3 Å². The monoisotopic (exact) mass is 319 g/mol. The Labute approximate surface area is 130 Å². The lowest BCUT2D eigenvalue weighted by atomic mass is 10.2. The van der Waals surface area contributed by atoms with E-state index < -0.39 is 11.7 Å². The standard InChI is InChI=1S/C16H11ClFNOS/c1-10-6-7-13(12(18)8-10)19(17)16(20)15-9-11-4-2-3-5-14(11)21-15/h2-9H,1H3. The van der Waals surface area contributed by atoms with Gasteiger partial charge in [-0.15, -0.1) is 11.3 Å². The van der Waals surface area contributed by atoms with Gasteiger partial charge in [-0.2, -0.15) is 0 Å². The third-order valence-corrected chi connectivity index (χ3v) is 4.57. The molecule has 0 saturated heterocycles. The summed E-state index contributed by atoms with van der Waals surface area (Å²) in [7, 11) is 0. The zero-order valence-electron chi connectivity index (χ0n) is 11.1. The largest absolute Gasteiger partial charge is 0.283 e. The molecule has 0 aliphatic carbocycles. The molecule has 0 bridgehead atoms. The minimum Gasteiger partial charge on any atom is -0.266 e. The van der Waals surface area contributed by atoms with E-state index in [-0.39, 0.29) is 5.69 Å². The fourth-order valence-corrected chi connectivity index (χ4v) is 3.34. The van der Waals surface area contributed by atoms with Crippen LogP contribution in [0.1, 0.15) is 15.2 Å². The molecule has 21 heavy (non-hydrogen) atoms. The Morgan fingerprint density at radius 1 is 1.19 bits per heavy atom. The summed E-state index contributed by atoms with van der Waals surface area (Å²) in [5, 5.41) is 0.972. The molecule has 2 aromatic carbocycles. The van der Waals surface area contributed by atoms with Crippen molar-refractivity contribution in [2.45, 2.75) is 6.92 Å². The maximum Gasteiger partial charge on any atom is 0.283 e. The SMILES string of the molecule is Cc1ccc(N(Cl)C(=O)c2cc3ccccc3s2)c(F)c1. The van der Waals surface area contributed by atoms with Gasteiger partial charge in [0.15, 0.2) is 0 Å². The number of amides is 1. The molecule has 1 aromatic heterocycles. The van der Waals surface area contributed by atoms with Crippen LogP contribution in [0.4, 0.5) is 10.1 Å². The molecule has 0 radical (unpaired) electrons. The quantitative estimate of drug-likeness (QED) is 0.598. The minimum atomic E-state index is -0.514. The molecule has 1 amide bonds. The summed E-state index contributed by atoms with van der Waals surface area (Å²) in [5.41, 5.74) is 0.834. The van der Waals surface area contributed by atoms with Gasteiger partial charge in [-0.25, -0.2) is 8.81 Å². The maximum absolute atomic E-state index is 13.9. The molecule has 5 heteroatoms. The summed E-state index contributed by atoms with van der Waals surface area (Å²) >= 11 is 7.37. The third-order valence-electron chi connectivity index (χ3n) is 3.13. The van der Waals surface area contributed by atoms with Gasteiger partial charge in [0.1, 0.15) is 5.82 Å². The topological polar surface area (TPSA) is 20.3 Å². The number of nitrogens with zero attached hydrogens (tertiary/aromatic N) is 1. The third kappa shape index (κ3) is 2.64. The number of rotatable bonds is 2. The van der Waals surface area contributed by atoms with Gasteiger partial charge in [0.05, 0.1) is 10.6 Å². The van der Waals surface area contributed by atoms with Crippen LogP contribution in [-0.2, 0) is 0 Å². The molecule has 0 spiro atoms. The highest BCUT2D eigenvalue weighted by atomic mass is 35.5. The van der Waals surface area contributed by atoms with Crippen molar-refractivity contribution in [3.63, 3.8) is 0 Å². The number of anilines is 1. The Balaban J connectivity index is 1.97. The highest BCUT2D eigenvalue weighted by Crippen LogP contribution is 2.30. The van der Waals surface area contributed by atoms with Gasteiger partial charge in [0.2, 0.25) is 0 Å². The highest BCUT2D eigenvalue weighted by Gasteiger charge is 2.21. The first-order valence-electron chi connectivity index (χ1n) is 6.31. The summed E-state index contributed by atoms with van der Waals surface area (Å²) in [6.45, 7) is 1.78. The van der Waals surface area contributed by atoms with Crippen LogP contribution in [0.25, 0.3) is 10.1 Å². The Morgan fingerprint density at radius 3 is 2.67 bits per heavy atom. The lowest BCUT2D eigenvalue weighted by Gasteiger charge is -2.14. The number of carbonyl (C=O) groups is 1. The Hall–Kier alpha value is -1.91. The van der Waals surface area contributed by atoms with E-state index in [1.807, 2.05) is 24.3 Å². The first-order valence-corrected chi connectivity index (χ1v) is 7.46. The van der Waals surface area contributed by atoms with E-state index in [0.29, 0.717) is 4.88 Å². The van der Waals surface area contributed by atoms with Gasteiger partial charge in [-0.3, -0.25) is 4.79 Å². The zero-order chi connectivity index (χ0) is 15.0. The first-order chi connectivity index (χ1) is 10.1. The van der Waals surface area contributed by atoms with E-state index in [0.717, 1.165) is 20.1 Å². The summed E-state index contributed by atoms with van der Waals surface area (Å²) in [6.07, 6.45) is 0. The first kappa shape index (κ1) is 14.0. The van der Waals surface area contributed by atoms with Crippen molar-refractivity contribution in [2.24, 2.45) is 0 Å². The Kier molecular flexibility index (Phi) is 3.66. The second kappa shape index (κ2) is 5.47. The average molecular weight is 320 g/mol. The fourth-order valence-electron chi connectivity index (χ4n) is 2.06. The van der Waals surface area contributed by atoms with Crippen LogP contribution in [0.2, 0.25) is 0 Å². The predicted octanol–water partition coefficient (Wildman–Crippen LogP) is 5.15. The van der Waals surface area contributed by atoms with E-state index in [9.17, 15) is 9.18 Å². The normalized spacial score (nSPS) is 10.8. The number of thiophene rings is 1. The van der Waals surface area contributed by atoms with E-state index in [2.05, 4.69) is 0 Å². The van der Waals surface area contributed by atoms with Crippen molar-refractivity contribution >= 4 is 44.8 Å². The molecule has 3 aromatic rings. The molecule has 3 rings (SSSR count). The van der Waals surface area contributed by atoms with Crippen molar-refractivity contribution in [3.05, 3.63) is 64.8 Å². The lowest BCUT2D eigenvalue weighted by molar-refractivity contribution is 0.101. The van der Waals surface area contributed by atoms with Crippen LogP contribution in [0.3, 0.4) is 0 Å². The van der Waals surface area contributed by atoms with Crippen molar-refractivity contribution in [1.29, 1.82) is 0 Å². The summed E-state index contributed by atoms with van der Waals surface area (Å²) in [5.74, 6) is -0.944. The average Bonchev–Trinajstić information content (AvgIpc) is 2.89. The molecule has 0 aliphatic rings. The number of benzene rings is 2. The minimum absolute atomic E-state index is 0.0599. The number of aryl methyl sites for hydroxylation is 1. The maximum atomic E-state index is 13.9. The molecule has 1 heterocycles. The van der Waals surface area contributed by atoms with Crippen LogP contribution in [0.5, 0.6) is 0 Å². The Morgan fingerprint density at radius 2 is 1.95 bits per heavy atom. The van der Waals surface area contributed by atoms with E-state index >= 15 is 0 Å². The van der Waals surface area contributed by atoms with Gasteiger partial charge in [0, 0.05) is 16.5 Å². The van der Waals surface area contributed by atoms with Crippen molar-refractivity contribution in [3.8, 4) is 0 Å². The fraction of sp³-hybridized carbons (Fsp3) is 0.0625. The van der Waals surface area contributed by atoms with Crippen molar-refractivity contribution in [1.82, 2.24) is 0 Å². The predicted molar refractivity (Wildman–Crippen MR) is 85.6 cm³/mol. The molecule has 2 nitrogen and oxygen atoms in total.